The van der Waals surface area contributed by atoms with Crippen molar-refractivity contribution in [2.75, 3.05) is 32.8 Å². The molecule has 0 aromatic rings. The molecule has 1 unspecified atom stereocenters. The molecule has 0 radical (unpaired) electrons. The number of carbonyl (C=O) groups is 3. The van der Waals surface area contributed by atoms with Gasteiger partial charge in [-0.2, -0.15) is 0 Å². The number of amides is 2. The number of rotatable bonds is 6. The number of aliphatic hydroxyl groups is 1. The van der Waals surface area contributed by atoms with Gasteiger partial charge in [-0.25, -0.2) is 0 Å². The van der Waals surface area contributed by atoms with Crippen LogP contribution < -0.4 is 0 Å². The smallest absolute Gasteiger partial charge is 0.313 e. The Labute approximate surface area is 189 Å². The standard InChI is InChI=1S/C24H34N2O6/c1-3-4-7-12-25-13-9-11-24-17(20(28)26(14-15-27)19(24)21(25)29)18-22(30)31-16-8-5-6-10-23(18,2)32-24/h6,9-11,17-19,27H,3-5,7-8,12-16H2,1-2H3/b10-6-/t17-,18+,19?,23-,24-/m0/s1. The fourth-order valence-electron chi connectivity index (χ4n) is 5.78. The summed E-state index contributed by atoms with van der Waals surface area (Å²) in [7, 11) is 0. The summed E-state index contributed by atoms with van der Waals surface area (Å²) < 4.78 is 12.2. The van der Waals surface area contributed by atoms with E-state index < -0.39 is 35.0 Å². The van der Waals surface area contributed by atoms with Crippen LogP contribution in [0.15, 0.2) is 24.3 Å². The van der Waals surface area contributed by atoms with Crippen molar-refractivity contribution in [2.24, 2.45) is 11.8 Å². The molecule has 4 rings (SSSR count). The molecule has 1 spiro atoms. The number of hydrogen-bond acceptors (Lipinski definition) is 6. The zero-order valence-electron chi connectivity index (χ0n) is 19.0. The lowest BCUT2D eigenvalue weighted by Gasteiger charge is -2.37. The Morgan fingerprint density at radius 1 is 1.09 bits per heavy atom. The molecule has 0 aliphatic carbocycles. The van der Waals surface area contributed by atoms with Crippen LogP contribution in [0.4, 0.5) is 0 Å². The van der Waals surface area contributed by atoms with Gasteiger partial charge < -0.3 is 24.4 Å². The average molecular weight is 447 g/mol. The van der Waals surface area contributed by atoms with E-state index >= 15 is 0 Å². The Morgan fingerprint density at radius 3 is 2.66 bits per heavy atom. The van der Waals surface area contributed by atoms with Gasteiger partial charge in [-0.05, 0) is 26.2 Å². The molecular weight excluding hydrogens is 412 g/mol. The van der Waals surface area contributed by atoms with Gasteiger partial charge in [-0.15, -0.1) is 0 Å². The maximum Gasteiger partial charge on any atom is 0.313 e. The van der Waals surface area contributed by atoms with Gasteiger partial charge >= 0.3 is 5.97 Å². The number of likely N-dealkylation sites (tertiary alicyclic amines) is 1. The SMILES string of the molecule is CCCCCN1CC=C[C@]23O[C@@]4(C)/C=C\CCCOC(=O)[C@H]4[C@H]2C(=O)N(CCO)C3C1=O. The lowest BCUT2D eigenvalue weighted by Crippen LogP contribution is -2.56. The van der Waals surface area contributed by atoms with E-state index in [2.05, 4.69) is 6.92 Å². The first kappa shape index (κ1) is 23.0. The summed E-state index contributed by atoms with van der Waals surface area (Å²) in [6.45, 7) is 4.96. The summed E-state index contributed by atoms with van der Waals surface area (Å²) >= 11 is 0. The van der Waals surface area contributed by atoms with E-state index in [-0.39, 0.29) is 31.6 Å². The first-order chi connectivity index (χ1) is 15.4. The van der Waals surface area contributed by atoms with Crippen LogP contribution in [0.5, 0.6) is 0 Å². The van der Waals surface area contributed by atoms with Crippen molar-refractivity contribution < 1.29 is 29.0 Å². The number of allylic oxidation sites excluding steroid dienone is 1. The molecule has 4 heterocycles. The first-order valence-electron chi connectivity index (χ1n) is 11.8. The topological polar surface area (TPSA) is 96.4 Å². The van der Waals surface area contributed by atoms with E-state index in [1.807, 2.05) is 24.3 Å². The quantitative estimate of drug-likeness (QED) is 0.377. The lowest BCUT2D eigenvalue weighted by molar-refractivity contribution is -0.159. The summed E-state index contributed by atoms with van der Waals surface area (Å²) in [4.78, 5) is 43.8. The maximum atomic E-state index is 13.8. The van der Waals surface area contributed by atoms with E-state index in [9.17, 15) is 19.5 Å². The highest BCUT2D eigenvalue weighted by Crippen LogP contribution is 2.57. The number of hydrogen-bond donors (Lipinski definition) is 1. The molecule has 0 aromatic carbocycles. The molecule has 0 aromatic heterocycles. The third-order valence-corrected chi connectivity index (χ3v) is 7.21. The van der Waals surface area contributed by atoms with Gasteiger partial charge in [0.2, 0.25) is 11.8 Å². The van der Waals surface area contributed by atoms with Crippen LogP contribution in [0, 0.1) is 11.8 Å². The summed E-state index contributed by atoms with van der Waals surface area (Å²) in [5.41, 5.74) is -2.34. The molecule has 2 amide bonds. The Morgan fingerprint density at radius 2 is 1.91 bits per heavy atom. The number of cyclic esters (lactones) is 1. The molecule has 2 saturated heterocycles. The maximum absolute atomic E-state index is 13.8. The summed E-state index contributed by atoms with van der Waals surface area (Å²) in [6, 6.07) is -0.916. The van der Waals surface area contributed by atoms with Gasteiger partial charge in [0.15, 0.2) is 0 Å². The van der Waals surface area contributed by atoms with Gasteiger partial charge in [0.25, 0.3) is 0 Å². The predicted molar refractivity (Wildman–Crippen MR) is 116 cm³/mol. The second kappa shape index (κ2) is 8.98. The van der Waals surface area contributed by atoms with Crippen molar-refractivity contribution in [1.82, 2.24) is 9.80 Å². The highest BCUT2D eigenvalue weighted by Gasteiger charge is 2.74. The second-order valence-corrected chi connectivity index (χ2v) is 9.36. The Bertz CT molecular complexity index is 825. The van der Waals surface area contributed by atoms with Crippen molar-refractivity contribution >= 4 is 17.8 Å². The number of unbranched alkanes of at least 4 members (excludes halogenated alkanes) is 2. The van der Waals surface area contributed by atoms with E-state index in [1.165, 1.54) is 4.90 Å². The third-order valence-electron chi connectivity index (χ3n) is 7.21. The highest BCUT2D eigenvalue weighted by atomic mass is 16.6. The zero-order chi connectivity index (χ0) is 22.9. The number of aliphatic hydroxyl groups excluding tert-OH is 1. The van der Waals surface area contributed by atoms with Crippen LogP contribution >= 0.6 is 0 Å². The highest BCUT2D eigenvalue weighted by molar-refractivity contribution is 5.99. The molecule has 4 aliphatic rings. The molecule has 1 N–H and O–H groups in total. The second-order valence-electron chi connectivity index (χ2n) is 9.36. The molecule has 0 saturated carbocycles. The van der Waals surface area contributed by atoms with Gasteiger partial charge in [-0.3, -0.25) is 14.4 Å². The van der Waals surface area contributed by atoms with Crippen LogP contribution in [-0.4, -0.2) is 82.8 Å². The van der Waals surface area contributed by atoms with Gasteiger partial charge in [0, 0.05) is 19.6 Å². The molecular formula is C24H34N2O6. The van der Waals surface area contributed by atoms with Crippen LogP contribution in [-0.2, 0) is 23.9 Å². The number of β-amino-alcohol motifs (C(OH)–C–C–N with tert-alkyl or cyclic N) is 1. The molecule has 8 heteroatoms. The fourth-order valence-corrected chi connectivity index (χ4v) is 5.78. The van der Waals surface area contributed by atoms with Crippen molar-refractivity contribution in [2.45, 2.75) is 63.2 Å². The molecule has 176 valence electrons. The van der Waals surface area contributed by atoms with Crippen molar-refractivity contribution in [1.29, 1.82) is 0 Å². The molecule has 32 heavy (non-hydrogen) atoms. The Balaban J connectivity index is 1.78. The number of ether oxygens (including phenoxy) is 2. The Hall–Kier alpha value is -2.19. The third kappa shape index (κ3) is 3.57. The largest absolute Gasteiger partial charge is 0.465 e. The van der Waals surface area contributed by atoms with Crippen LogP contribution in [0.1, 0.15) is 46.0 Å². The van der Waals surface area contributed by atoms with E-state index in [0.29, 0.717) is 19.5 Å². The van der Waals surface area contributed by atoms with Gasteiger partial charge in [-0.1, -0.05) is 44.1 Å². The van der Waals surface area contributed by atoms with Crippen molar-refractivity contribution in [3.63, 3.8) is 0 Å². The minimum atomic E-state index is -1.27. The van der Waals surface area contributed by atoms with Crippen LogP contribution in [0.3, 0.4) is 0 Å². The van der Waals surface area contributed by atoms with Gasteiger partial charge in [0.1, 0.15) is 17.6 Å². The molecule has 0 bridgehead atoms. The van der Waals surface area contributed by atoms with Crippen LogP contribution in [0.25, 0.3) is 0 Å². The molecule has 2 fully saturated rings. The normalized spacial score (nSPS) is 37.7. The summed E-state index contributed by atoms with van der Waals surface area (Å²) in [6.07, 6.45) is 11.9. The fraction of sp³-hybridized carbons (Fsp3) is 0.708. The average Bonchev–Trinajstić information content (AvgIpc) is 3.10. The minimum Gasteiger partial charge on any atom is -0.465 e. The zero-order valence-corrected chi connectivity index (χ0v) is 19.0. The van der Waals surface area contributed by atoms with E-state index in [4.69, 9.17) is 9.47 Å². The molecule has 4 aliphatic heterocycles. The van der Waals surface area contributed by atoms with Crippen LogP contribution in [0.2, 0.25) is 0 Å². The number of esters is 1. The van der Waals surface area contributed by atoms with E-state index in [0.717, 1.165) is 25.7 Å². The number of nitrogens with zero attached hydrogens (tertiary/aromatic N) is 2. The van der Waals surface area contributed by atoms with E-state index in [1.54, 1.807) is 11.8 Å². The summed E-state index contributed by atoms with van der Waals surface area (Å²) in [5, 5.41) is 9.67. The molecule has 5 atom stereocenters. The first-order valence-corrected chi connectivity index (χ1v) is 11.8. The number of fused-ring (bicyclic) bond motifs is 2. The minimum absolute atomic E-state index is 0.0157. The van der Waals surface area contributed by atoms with Gasteiger partial charge in [0.05, 0.1) is 24.7 Å². The molecule has 8 nitrogen and oxygen atoms in total. The Kier molecular flexibility index (Phi) is 6.45. The van der Waals surface area contributed by atoms with Crippen molar-refractivity contribution in [3.8, 4) is 0 Å². The van der Waals surface area contributed by atoms with Crippen molar-refractivity contribution in [3.05, 3.63) is 24.3 Å². The monoisotopic (exact) mass is 446 g/mol. The number of carbonyl (C=O) groups excluding carboxylic acids is 3. The summed E-state index contributed by atoms with van der Waals surface area (Å²) in [5.74, 6) is -2.74. The predicted octanol–water partition coefficient (Wildman–Crippen LogP) is 1.43. The lowest BCUT2D eigenvalue weighted by atomic mass is 9.74.